The molecule has 1 saturated carbocycles. The zero-order valence-electron chi connectivity index (χ0n) is 25.7. The molecule has 0 radical (unpaired) electrons. The Balaban J connectivity index is 1.46. The molecule has 2 aliphatic heterocycles. The molecular formula is C32H52BNO7. The fourth-order valence-corrected chi connectivity index (χ4v) is 7.06. The number of rotatable bonds is 10. The van der Waals surface area contributed by atoms with Crippen LogP contribution in [0.3, 0.4) is 0 Å². The number of amides is 1. The number of carbonyl (C=O) groups is 1. The SMILES string of the molecule is CCC(C)OCC1OC2OB(c3cccc(NC(=O)C(CC)(C(C)C)C4CCCCCCCC4)c3)OC2C(O)C1O. The second kappa shape index (κ2) is 14.8. The van der Waals surface area contributed by atoms with E-state index in [4.69, 9.17) is 18.8 Å². The lowest BCUT2D eigenvalue weighted by Crippen LogP contribution is -2.57. The molecule has 230 valence electrons. The molecule has 41 heavy (non-hydrogen) atoms. The van der Waals surface area contributed by atoms with Gasteiger partial charge in [0.05, 0.1) is 18.1 Å². The van der Waals surface area contributed by atoms with Gasteiger partial charge in [0.1, 0.15) is 24.4 Å². The summed E-state index contributed by atoms with van der Waals surface area (Å²) in [6, 6.07) is 7.51. The van der Waals surface area contributed by atoms with Crippen molar-refractivity contribution < 1.29 is 33.8 Å². The molecule has 9 heteroatoms. The van der Waals surface area contributed by atoms with Crippen molar-refractivity contribution >= 4 is 24.2 Å². The van der Waals surface area contributed by atoms with E-state index in [2.05, 4.69) is 26.1 Å². The lowest BCUT2D eigenvalue weighted by molar-refractivity contribution is -0.255. The third-order valence-electron chi connectivity index (χ3n) is 9.84. The Morgan fingerprint density at radius 1 is 1.05 bits per heavy atom. The summed E-state index contributed by atoms with van der Waals surface area (Å²) in [5, 5.41) is 24.7. The highest BCUT2D eigenvalue weighted by Crippen LogP contribution is 2.46. The van der Waals surface area contributed by atoms with Gasteiger partial charge in [-0.05, 0) is 62.0 Å². The monoisotopic (exact) mass is 573 g/mol. The molecule has 1 aromatic carbocycles. The van der Waals surface area contributed by atoms with Gasteiger partial charge in [0.15, 0.2) is 6.29 Å². The van der Waals surface area contributed by atoms with Crippen LogP contribution in [0.4, 0.5) is 5.69 Å². The maximum absolute atomic E-state index is 14.1. The Kier molecular flexibility index (Phi) is 11.7. The van der Waals surface area contributed by atoms with Crippen molar-refractivity contribution in [3.8, 4) is 0 Å². The van der Waals surface area contributed by atoms with E-state index >= 15 is 0 Å². The Hall–Kier alpha value is -1.49. The molecule has 0 bridgehead atoms. The van der Waals surface area contributed by atoms with E-state index < -0.39 is 43.2 Å². The zero-order valence-corrected chi connectivity index (χ0v) is 25.7. The van der Waals surface area contributed by atoms with E-state index in [0.717, 1.165) is 25.7 Å². The topological polar surface area (TPSA) is 106 Å². The molecule has 1 aliphatic carbocycles. The van der Waals surface area contributed by atoms with Crippen LogP contribution in [0.1, 0.15) is 98.8 Å². The molecular weight excluding hydrogens is 521 g/mol. The van der Waals surface area contributed by atoms with E-state index in [1.54, 1.807) is 0 Å². The van der Waals surface area contributed by atoms with Gasteiger partial charge in [-0.25, -0.2) is 0 Å². The first-order chi connectivity index (χ1) is 19.7. The van der Waals surface area contributed by atoms with Crippen LogP contribution in [-0.4, -0.2) is 66.7 Å². The van der Waals surface area contributed by atoms with E-state index in [1.165, 1.54) is 38.5 Å². The molecule has 8 nitrogen and oxygen atoms in total. The highest BCUT2D eigenvalue weighted by Gasteiger charge is 2.53. The number of carbonyl (C=O) groups excluding carboxylic acids is 1. The second-order valence-electron chi connectivity index (χ2n) is 12.7. The van der Waals surface area contributed by atoms with Gasteiger partial charge in [0, 0.05) is 5.69 Å². The molecule has 1 aromatic rings. The average Bonchev–Trinajstić information content (AvgIpc) is 3.44. The predicted molar refractivity (Wildman–Crippen MR) is 161 cm³/mol. The van der Waals surface area contributed by atoms with Gasteiger partial charge in [-0.2, -0.15) is 0 Å². The Labute approximate surface area is 247 Å². The normalized spacial score (nSPS) is 30.1. The maximum Gasteiger partial charge on any atom is 0.496 e. The number of anilines is 1. The highest BCUT2D eigenvalue weighted by atomic mass is 16.8. The third kappa shape index (κ3) is 7.36. The molecule has 3 N–H and O–H groups in total. The van der Waals surface area contributed by atoms with E-state index in [-0.39, 0.29) is 24.5 Å². The number of benzene rings is 1. The summed E-state index contributed by atoms with van der Waals surface area (Å²) in [6.45, 7) is 10.7. The summed E-state index contributed by atoms with van der Waals surface area (Å²) < 4.78 is 23.8. The molecule has 3 fully saturated rings. The van der Waals surface area contributed by atoms with Crippen molar-refractivity contribution in [3.05, 3.63) is 24.3 Å². The Morgan fingerprint density at radius 2 is 1.73 bits per heavy atom. The number of nitrogens with one attached hydrogen (secondary N) is 1. The van der Waals surface area contributed by atoms with Gasteiger partial charge < -0.3 is 34.3 Å². The van der Waals surface area contributed by atoms with Crippen LogP contribution in [0.5, 0.6) is 0 Å². The van der Waals surface area contributed by atoms with Crippen molar-refractivity contribution in [2.24, 2.45) is 17.3 Å². The van der Waals surface area contributed by atoms with Gasteiger partial charge in [0.2, 0.25) is 5.91 Å². The smallest absolute Gasteiger partial charge is 0.396 e. The largest absolute Gasteiger partial charge is 0.496 e. The molecule has 1 amide bonds. The van der Waals surface area contributed by atoms with Gasteiger partial charge in [-0.3, -0.25) is 4.79 Å². The Bertz CT molecular complexity index is 969. The summed E-state index contributed by atoms with van der Waals surface area (Å²) in [6.07, 6.45) is 6.64. The minimum Gasteiger partial charge on any atom is -0.396 e. The quantitative estimate of drug-likeness (QED) is 0.345. The summed E-state index contributed by atoms with van der Waals surface area (Å²) >= 11 is 0. The number of fused-ring (bicyclic) bond motifs is 1. The van der Waals surface area contributed by atoms with Gasteiger partial charge in [0.25, 0.3) is 0 Å². The number of aliphatic hydroxyl groups excluding tert-OH is 2. The van der Waals surface area contributed by atoms with Crippen molar-refractivity contribution in [1.82, 2.24) is 0 Å². The van der Waals surface area contributed by atoms with Gasteiger partial charge in [-0.15, -0.1) is 0 Å². The van der Waals surface area contributed by atoms with Crippen molar-refractivity contribution in [2.45, 2.75) is 136 Å². The van der Waals surface area contributed by atoms with Crippen LogP contribution < -0.4 is 10.8 Å². The summed E-state index contributed by atoms with van der Waals surface area (Å²) in [4.78, 5) is 14.1. The zero-order chi connectivity index (χ0) is 29.6. The first-order valence-electron chi connectivity index (χ1n) is 16.1. The molecule has 0 spiro atoms. The van der Waals surface area contributed by atoms with E-state index in [9.17, 15) is 15.0 Å². The number of hydrogen-bond donors (Lipinski definition) is 3. The highest BCUT2D eigenvalue weighted by molar-refractivity contribution is 6.62. The fraction of sp³-hybridized carbons (Fsp3) is 0.781. The first-order valence-corrected chi connectivity index (χ1v) is 16.1. The minimum atomic E-state index is -1.17. The average molecular weight is 574 g/mol. The van der Waals surface area contributed by atoms with Gasteiger partial charge in [-0.1, -0.05) is 78.4 Å². The summed E-state index contributed by atoms with van der Waals surface area (Å²) in [5.74, 6) is 0.665. The van der Waals surface area contributed by atoms with Gasteiger partial charge >= 0.3 is 7.12 Å². The standard InChI is InChI=1S/C32H52BNO7/c1-6-22(5)38-20-26-27(35)28(36)29-30(39-26)41-33(40-29)24-17-14-18-25(19-24)34-31(37)32(7-2,21(3)4)23-15-12-10-8-9-11-13-16-23/h14,17-19,21-23,26-30,35-36H,6-13,15-16,20H2,1-5H3,(H,34,37). The maximum atomic E-state index is 14.1. The van der Waals surface area contributed by atoms with E-state index in [1.807, 2.05) is 38.1 Å². The lowest BCUT2D eigenvalue weighted by atomic mass is 9.62. The van der Waals surface area contributed by atoms with Crippen molar-refractivity contribution in [3.63, 3.8) is 0 Å². The molecule has 3 aliphatic rings. The molecule has 2 saturated heterocycles. The molecule has 4 rings (SSSR count). The second-order valence-corrected chi connectivity index (χ2v) is 12.7. The molecule has 0 aromatic heterocycles. The lowest BCUT2D eigenvalue weighted by Gasteiger charge is -2.42. The minimum absolute atomic E-state index is 0.0193. The molecule has 2 heterocycles. The van der Waals surface area contributed by atoms with Crippen LogP contribution in [0.15, 0.2) is 24.3 Å². The van der Waals surface area contributed by atoms with E-state index in [0.29, 0.717) is 17.1 Å². The van der Waals surface area contributed by atoms with Crippen LogP contribution in [-0.2, 0) is 23.6 Å². The van der Waals surface area contributed by atoms with Crippen molar-refractivity contribution in [2.75, 3.05) is 11.9 Å². The van der Waals surface area contributed by atoms with Crippen LogP contribution in [0.25, 0.3) is 0 Å². The predicted octanol–water partition coefficient (Wildman–Crippen LogP) is 4.80. The third-order valence-corrected chi connectivity index (χ3v) is 9.84. The first kappa shape index (κ1) is 32.4. The number of aliphatic hydroxyl groups is 2. The molecule has 7 unspecified atom stereocenters. The number of hydrogen-bond acceptors (Lipinski definition) is 7. The fourth-order valence-electron chi connectivity index (χ4n) is 7.06. The van der Waals surface area contributed by atoms with Crippen LogP contribution in [0.2, 0.25) is 0 Å². The molecule has 7 atom stereocenters. The van der Waals surface area contributed by atoms with Crippen molar-refractivity contribution in [1.29, 1.82) is 0 Å². The Morgan fingerprint density at radius 3 is 2.37 bits per heavy atom. The summed E-state index contributed by atoms with van der Waals surface area (Å²) in [7, 11) is -0.798. The summed E-state index contributed by atoms with van der Waals surface area (Å²) in [5.41, 5.74) is 0.970. The van der Waals surface area contributed by atoms with Crippen LogP contribution in [0, 0.1) is 17.3 Å². The van der Waals surface area contributed by atoms with Crippen LogP contribution >= 0.6 is 0 Å². The number of ether oxygens (including phenoxy) is 2.